The van der Waals surface area contributed by atoms with Gasteiger partial charge in [-0.05, 0) is 6.42 Å². The molecule has 0 saturated carbocycles. The van der Waals surface area contributed by atoms with Crippen molar-refractivity contribution in [3.05, 3.63) is 0 Å². The van der Waals surface area contributed by atoms with Crippen molar-refractivity contribution in [3.63, 3.8) is 0 Å². The van der Waals surface area contributed by atoms with E-state index in [1.165, 1.54) is 11.8 Å². The van der Waals surface area contributed by atoms with E-state index in [2.05, 4.69) is 0 Å². The monoisotopic (exact) mass is 177 g/mol. The topological polar surface area (TPSA) is 20.3 Å². The zero-order valence-corrected chi connectivity index (χ0v) is 7.31. The SMILES string of the molecule is CC[C@@H]1CC(F)(F)CN1C(C)=O. The zero-order valence-electron chi connectivity index (χ0n) is 7.31. The Hall–Kier alpha value is -0.670. The lowest BCUT2D eigenvalue weighted by Crippen LogP contribution is -2.34. The maximum absolute atomic E-state index is 12.8. The van der Waals surface area contributed by atoms with Crippen molar-refractivity contribution in [3.8, 4) is 0 Å². The van der Waals surface area contributed by atoms with Crippen LogP contribution < -0.4 is 0 Å². The van der Waals surface area contributed by atoms with Gasteiger partial charge in [0, 0.05) is 19.4 Å². The molecule has 70 valence electrons. The van der Waals surface area contributed by atoms with Gasteiger partial charge in [0.15, 0.2) is 0 Å². The molecule has 0 N–H and O–H groups in total. The summed E-state index contributed by atoms with van der Waals surface area (Å²) in [6.07, 6.45) is 0.429. The van der Waals surface area contributed by atoms with E-state index in [0.717, 1.165) is 0 Å². The van der Waals surface area contributed by atoms with Gasteiger partial charge in [-0.1, -0.05) is 6.92 Å². The molecule has 1 rings (SSSR count). The summed E-state index contributed by atoms with van der Waals surface area (Å²) in [6, 6.07) is -0.266. The molecule has 2 nitrogen and oxygen atoms in total. The summed E-state index contributed by atoms with van der Waals surface area (Å²) >= 11 is 0. The maximum Gasteiger partial charge on any atom is 0.267 e. The third kappa shape index (κ3) is 1.73. The number of carbonyl (C=O) groups excluding carboxylic acids is 1. The fourth-order valence-corrected chi connectivity index (χ4v) is 1.63. The first kappa shape index (κ1) is 9.42. The Morgan fingerprint density at radius 3 is 2.58 bits per heavy atom. The van der Waals surface area contributed by atoms with Crippen molar-refractivity contribution >= 4 is 5.91 Å². The number of nitrogens with zero attached hydrogens (tertiary/aromatic N) is 1. The molecule has 0 aromatic carbocycles. The third-order valence-corrected chi connectivity index (χ3v) is 2.25. The largest absolute Gasteiger partial charge is 0.334 e. The normalized spacial score (nSPS) is 27.7. The van der Waals surface area contributed by atoms with Crippen LogP contribution in [-0.4, -0.2) is 29.3 Å². The Morgan fingerprint density at radius 2 is 2.25 bits per heavy atom. The summed E-state index contributed by atoms with van der Waals surface area (Å²) in [5, 5.41) is 0. The van der Waals surface area contributed by atoms with E-state index in [9.17, 15) is 13.6 Å². The highest BCUT2D eigenvalue weighted by molar-refractivity contribution is 5.74. The summed E-state index contributed by atoms with van der Waals surface area (Å²) < 4.78 is 25.6. The minimum Gasteiger partial charge on any atom is -0.334 e. The van der Waals surface area contributed by atoms with Crippen LogP contribution in [0.2, 0.25) is 0 Å². The molecule has 0 aromatic heterocycles. The molecule has 1 heterocycles. The first-order chi connectivity index (χ1) is 5.46. The summed E-state index contributed by atoms with van der Waals surface area (Å²) in [4.78, 5) is 12.2. The van der Waals surface area contributed by atoms with Crippen LogP contribution in [0, 0.1) is 0 Å². The predicted molar refractivity (Wildman–Crippen MR) is 41.0 cm³/mol. The Bertz CT molecular complexity index is 193. The summed E-state index contributed by atoms with van der Waals surface area (Å²) in [5.41, 5.74) is 0. The van der Waals surface area contributed by atoms with E-state index < -0.39 is 12.5 Å². The Kier molecular flexibility index (Phi) is 2.35. The van der Waals surface area contributed by atoms with E-state index in [1.807, 2.05) is 6.92 Å². The number of amides is 1. The number of halogens is 2. The van der Waals surface area contributed by atoms with Gasteiger partial charge in [0.25, 0.3) is 5.92 Å². The van der Waals surface area contributed by atoms with Crippen LogP contribution in [0.15, 0.2) is 0 Å². The second-order valence-electron chi connectivity index (χ2n) is 3.27. The maximum atomic E-state index is 12.8. The Labute approximate surface area is 70.5 Å². The molecule has 4 heteroatoms. The van der Waals surface area contributed by atoms with E-state index in [0.29, 0.717) is 6.42 Å². The number of hydrogen-bond acceptors (Lipinski definition) is 1. The highest BCUT2D eigenvalue weighted by Gasteiger charge is 2.44. The van der Waals surface area contributed by atoms with Gasteiger partial charge in [-0.15, -0.1) is 0 Å². The number of alkyl halides is 2. The molecule has 0 spiro atoms. The van der Waals surface area contributed by atoms with Crippen LogP contribution in [0.25, 0.3) is 0 Å². The van der Waals surface area contributed by atoms with Crippen LogP contribution >= 0.6 is 0 Å². The Balaban J connectivity index is 2.69. The fraction of sp³-hybridized carbons (Fsp3) is 0.875. The standard InChI is InChI=1S/C8H13F2NO/c1-3-7-4-8(9,10)5-11(7)6(2)12/h7H,3-5H2,1-2H3/t7-/m1/s1. The molecule has 1 saturated heterocycles. The molecule has 1 amide bonds. The lowest BCUT2D eigenvalue weighted by atomic mass is 10.1. The lowest BCUT2D eigenvalue weighted by molar-refractivity contribution is -0.130. The van der Waals surface area contributed by atoms with Crippen molar-refractivity contribution in [1.82, 2.24) is 4.90 Å². The predicted octanol–water partition coefficient (Wildman–Crippen LogP) is 1.65. The average molecular weight is 177 g/mol. The van der Waals surface area contributed by atoms with Crippen LogP contribution in [0.1, 0.15) is 26.7 Å². The second-order valence-corrected chi connectivity index (χ2v) is 3.27. The van der Waals surface area contributed by atoms with Crippen LogP contribution in [0.4, 0.5) is 8.78 Å². The minimum atomic E-state index is -2.67. The first-order valence-corrected chi connectivity index (χ1v) is 4.11. The van der Waals surface area contributed by atoms with Gasteiger partial charge in [0.1, 0.15) is 0 Å². The van der Waals surface area contributed by atoms with Crippen LogP contribution in [0.3, 0.4) is 0 Å². The van der Waals surface area contributed by atoms with Crippen molar-refractivity contribution in [2.45, 2.75) is 38.7 Å². The first-order valence-electron chi connectivity index (χ1n) is 4.11. The van der Waals surface area contributed by atoms with Crippen LogP contribution in [-0.2, 0) is 4.79 Å². The average Bonchev–Trinajstić information content (AvgIpc) is 2.25. The number of carbonyl (C=O) groups is 1. The molecule has 1 aliphatic heterocycles. The zero-order chi connectivity index (χ0) is 9.35. The molecule has 12 heavy (non-hydrogen) atoms. The van der Waals surface area contributed by atoms with Gasteiger partial charge < -0.3 is 4.90 Å². The van der Waals surface area contributed by atoms with Crippen molar-refractivity contribution < 1.29 is 13.6 Å². The highest BCUT2D eigenvalue weighted by atomic mass is 19.3. The molecule has 0 aliphatic carbocycles. The molecule has 1 atom stereocenters. The molecular formula is C8H13F2NO. The fourth-order valence-electron chi connectivity index (χ4n) is 1.63. The highest BCUT2D eigenvalue weighted by Crippen LogP contribution is 2.33. The van der Waals surface area contributed by atoms with Gasteiger partial charge in [0.2, 0.25) is 5.91 Å². The van der Waals surface area contributed by atoms with E-state index in [4.69, 9.17) is 0 Å². The summed E-state index contributed by atoms with van der Waals surface area (Å²) in [5.74, 6) is -2.93. The minimum absolute atomic E-state index is 0.178. The molecular weight excluding hydrogens is 164 g/mol. The summed E-state index contributed by atoms with van der Waals surface area (Å²) in [7, 11) is 0. The van der Waals surface area contributed by atoms with Gasteiger partial charge >= 0.3 is 0 Å². The molecule has 0 bridgehead atoms. The Morgan fingerprint density at radius 1 is 1.67 bits per heavy atom. The van der Waals surface area contributed by atoms with Gasteiger partial charge in [-0.3, -0.25) is 4.79 Å². The van der Waals surface area contributed by atoms with Crippen molar-refractivity contribution in [2.24, 2.45) is 0 Å². The van der Waals surface area contributed by atoms with E-state index >= 15 is 0 Å². The molecule has 0 aromatic rings. The molecule has 1 fully saturated rings. The second kappa shape index (κ2) is 2.99. The van der Waals surface area contributed by atoms with Crippen molar-refractivity contribution in [1.29, 1.82) is 0 Å². The third-order valence-electron chi connectivity index (χ3n) is 2.25. The number of hydrogen-bond donors (Lipinski definition) is 0. The molecule has 0 unspecified atom stereocenters. The number of likely N-dealkylation sites (tertiary alicyclic amines) is 1. The summed E-state index contributed by atoms with van der Waals surface area (Å²) in [6.45, 7) is 2.76. The lowest BCUT2D eigenvalue weighted by Gasteiger charge is -2.20. The van der Waals surface area contributed by atoms with Crippen LogP contribution in [0.5, 0.6) is 0 Å². The van der Waals surface area contributed by atoms with E-state index in [1.54, 1.807) is 0 Å². The quantitative estimate of drug-likeness (QED) is 0.596. The molecule has 0 radical (unpaired) electrons. The van der Waals surface area contributed by atoms with Crippen molar-refractivity contribution in [2.75, 3.05) is 6.54 Å². The smallest absolute Gasteiger partial charge is 0.267 e. The molecule has 1 aliphatic rings. The number of rotatable bonds is 1. The van der Waals surface area contributed by atoms with Gasteiger partial charge in [0.05, 0.1) is 6.54 Å². The van der Waals surface area contributed by atoms with Gasteiger partial charge in [-0.2, -0.15) is 0 Å². The van der Waals surface area contributed by atoms with Gasteiger partial charge in [-0.25, -0.2) is 8.78 Å². The van der Waals surface area contributed by atoms with E-state index in [-0.39, 0.29) is 18.4 Å².